The first kappa shape index (κ1) is 30.9. The molecule has 0 bridgehead atoms. The van der Waals surface area contributed by atoms with Crippen LogP contribution < -0.4 is 9.62 Å². The number of carbonyl (C=O) groups is 2. The maximum Gasteiger partial charge on any atom is 0.264 e. The van der Waals surface area contributed by atoms with Crippen molar-refractivity contribution in [3.05, 3.63) is 95.6 Å². The number of aryl methyl sites for hydroxylation is 2. The van der Waals surface area contributed by atoms with E-state index in [0.29, 0.717) is 25.1 Å². The van der Waals surface area contributed by atoms with E-state index in [2.05, 4.69) is 5.32 Å². The first-order valence-corrected chi connectivity index (χ1v) is 15.4. The molecule has 214 valence electrons. The molecular formula is C32H41N3O4S. The van der Waals surface area contributed by atoms with Gasteiger partial charge in [0.25, 0.3) is 10.0 Å². The molecule has 0 aliphatic heterocycles. The van der Waals surface area contributed by atoms with Crippen molar-refractivity contribution in [2.75, 3.05) is 23.9 Å². The molecule has 0 saturated heterocycles. The maximum absolute atomic E-state index is 14.1. The van der Waals surface area contributed by atoms with E-state index in [9.17, 15) is 18.0 Å². The van der Waals surface area contributed by atoms with Crippen LogP contribution in [0.15, 0.2) is 83.8 Å². The van der Waals surface area contributed by atoms with E-state index in [-0.39, 0.29) is 17.3 Å². The van der Waals surface area contributed by atoms with Crippen molar-refractivity contribution in [2.45, 2.75) is 64.3 Å². The standard InChI is InChI=1S/C32H41N3O4S/c1-5-7-21-33-32(37)30(6-2)34(22-20-27-14-10-8-11-15-27)31(36)24-35(28-19-18-25(3)26(4)23-28)40(38,39)29-16-12-9-13-17-29/h8-19,23,30H,5-7,20-22,24H2,1-4H3,(H,33,37)/t30-/m1/s1. The summed E-state index contributed by atoms with van der Waals surface area (Å²) >= 11 is 0. The maximum atomic E-state index is 14.1. The molecule has 0 saturated carbocycles. The smallest absolute Gasteiger partial charge is 0.264 e. The van der Waals surface area contributed by atoms with Crippen LogP contribution in [0.5, 0.6) is 0 Å². The summed E-state index contributed by atoms with van der Waals surface area (Å²) < 4.78 is 28.9. The van der Waals surface area contributed by atoms with Crippen LogP contribution in [0, 0.1) is 13.8 Å². The molecule has 8 heteroatoms. The minimum Gasteiger partial charge on any atom is -0.354 e. The molecule has 1 N–H and O–H groups in total. The molecule has 0 spiro atoms. The monoisotopic (exact) mass is 563 g/mol. The van der Waals surface area contributed by atoms with Gasteiger partial charge in [-0.15, -0.1) is 0 Å². The summed E-state index contributed by atoms with van der Waals surface area (Å²) in [7, 11) is -4.06. The zero-order valence-corrected chi connectivity index (χ0v) is 24.8. The van der Waals surface area contributed by atoms with E-state index >= 15 is 0 Å². The van der Waals surface area contributed by atoms with Gasteiger partial charge in [-0.05, 0) is 74.1 Å². The molecule has 3 aromatic carbocycles. The third-order valence-corrected chi connectivity index (χ3v) is 8.88. The molecule has 7 nitrogen and oxygen atoms in total. The van der Waals surface area contributed by atoms with Crippen LogP contribution in [-0.4, -0.2) is 50.8 Å². The Morgan fingerprint density at radius 2 is 1.52 bits per heavy atom. The number of hydrogen-bond donors (Lipinski definition) is 1. The van der Waals surface area contributed by atoms with Crippen LogP contribution in [-0.2, 0) is 26.0 Å². The summed E-state index contributed by atoms with van der Waals surface area (Å²) in [6.07, 6.45) is 2.74. The lowest BCUT2D eigenvalue weighted by molar-refractivity contribution is -0.139. The van der Waals surface area contributed by atoms with Gasteiger partial charge in [0, 0.05) is 13.1 Å². The Labute approximate surface area is 239 Å². The highest BCUT2D eigenvalue weighted by molar-refractivity contribution is 7.92. The van der Waals surface area contributed by atoms with Crippen molar-refractivity contribution < 1.29 is 18.0 Å². The van der Waals surface area contributed by atoms with Gasteiger partial charge >= 0.3 is 0 Å². The van der Waals surface area contributed by atoms with E-state index in [4.69, 9.17) is 0 Å². The lowest BCUT2D eigenvalue weighted by Gasteiger charge is -2.33. The molecule has 40 heavy (non-hydrogen) atoms. The van der Waals surface area contributed by atoms with Crippen molar-refractivity contribution in [3.63, 3.8) is 0 Å². The number of benzene rings is 3. The van der Waals surface area contributed by atoms with Crippen LogP contribution in [0.3, 0.4) is 0 Å². The predicted octanol–water partition coefficient (Wildman–Crippen LogP) is 5.26. The number of sulfonamides is 1. The summed E-state index contributed by atoms with van der Waals surface area (Å²) in [4.78, 5) is 28.9. The molecule has 0 heterocycles. The van der Waals surface area contributed by atoms with Gasteiger partial charge in [-0.2, -0.15) is 0 Å². The van der Waals surface area contributed by atoms with E-state index < -0.39 is 28.5 Å². The molecule has 0 fully saturated rings. The number of nitrogens with one attached hydrogen (secondary N) is 1. The molecule has 3 aromatic rings. The SMILES string of the molecule is CCCCNC(=O)[C@@H](CC)N(CCc1ccccc1)C(=O)CN(c1ccc(C)c(C)c1)S(=O)(=O)c1ccccc1. The Kier molecular flexibility index (Phi) is 11.3. The highest BCUT2D eigenvalue weighted by atomic mass is 32.2. The normalized spacial score (nSPS) is 12.0. The highest BCUT2D eigenvalue weighted by Gasteiger charge is 2.33. The van der Waals surface area contributed by atoms with Crippen molar-refractivity contribution >= 4 is 27.5 Å². The van der Waals surface area contributed by atoms with Crippen LogP contribution >= 0.6 is 0 Å². The second-order valence-electron chi connectivity index (χ2n) is 9.98. The van der Waals surface area contributed by atoms with Crippen LogP contribution in [0.4, 0.5) is 5.69 Å². The van der Waals surface area contributed by atoms with Crippen LogP contribution in [0.2, 0.25) is 0 Å². The fourth-order valence-electron chi connectivity index (χ4n) is 4.53. The average Bonchev–Trinajstić information content (AvgIpc) is 2.96. The Morgan fingerprint density at radius 3 is 2.12 bits per heavy atom. The third kappa shape index (κ3) is 7.94. The summed E-state index contributed by atoms with van der Waals surface area (Å²) in [5.74, 6) is -0.646. The lowest BCUT2D eigenvalue weighted by Crippen LogP contribution is -2.53. The molecule has 0 aromatic heterocycles. The fourth-order valence-corrected chi connectivity index (χ4v) is 5.96. The Balaban J connectivity index is 1.99. The van der Waals surface area contributed by atoms with Gasteiger partial charge in [-0.3, -0.25) is 13.9 Å². The largest absolute Gasteiger partial charge is 0.354 e. The summed E-state index contributed by atoms with van der Waals surface area (Å²) in [5.41, 5.74) is 3.38. The van der Waals surface area contributed by atoms with Gasteiger partial charge in [-0.1, -0.05) is 74.9 Å². The zero-order chi connectivity index (χ0) is 29.1. The average molecular weight is 564 g/mol. The summed E-state index contributed by atoms with van der Waals surface area (Å²) in [5, 5.41) is 2.96. The minimum absolute atomic E-state index is 0.0983. The van der Waals surface area contributed by atoms with Gasteiger partial charge in [-0.25, -0.2) is 8.42 Å². The molecule has 0 aliphatic rings. The van der Waals surface area contributed by atoms with Crippen molar-refractivity contribution in [1.29, 1.82) is 0 Å². The highest BCUT2D eigenvalue weighted by Crippen LogP contribution is 2.26. The molecule has 0 radical (unpaired) electrons. The molecule has 1 atom stereocenters. The number of nitrogens with zero attached hydrogens (tertiary/aromatic N) is 2. The third-order valence-electron chi connectivity index (χ3n) is 7.09. The summed E-state index contributed by atoms with van der Waals surface area (Å²) in [6.45, 7) is 8.18. The molecule has 2 amide bonds. The van der Waals surface area contributed by atoms with E-state index in [0.717, 1.165) is 33.8 Å². The first-order valence-electron chi connectivity index (χ1n) is 13.9. The fraction of sp³-hybridized carbons (Fsp3) is 0.375. The second kappa shape index (κ2) is 14.7. The number of amides is 2. The summed E-state index contributed by atoms with van der Waals surface area (Å²) in [6, 6.07) is 22.5. The van der Waals surface area contributed by atoms with E-state index in [1.54, 1.807) is 35.2 Å². The number of carbonyl (C=O) groups excluding carboxylic acids is 2. The minimum atomic E-state index is -4.06. The van der Waals surface area contributed by atoms with Crippen molar-refractivity contribution in [2.24, 2.45) is 0 Å². The van der Waals surface area contributed by atoms with Crippen LogP contribution in [0.25, 0.3) is 0 Å². The van der Waals surface area contributed by atoms with Crippen molar-refractivity contribution in [1.82, 2.24) is 10.2 Å². The van der Waals surface area contributed by atoms with Crippen molar-refractivity contribution in [3.8, 4) is 0 Å². The first-order chi connectivity index (χ1) is 19.2. The molecule has 0 aliphatic carbocycles. The van der Waals surface area contributed by atoms with Gasteiger partial charge < -0.3 is 10.2 Å². The van der Waals surface area contributed by atoms with Gasteiger partial charge in [0.2, 0.25) is 11.8 Å². The van der Waals surface area contributed by atoms with Gasteiger partial charge in [0.1, 0.15) is 12.6 Å². The number of rotatable bonds is 14. The predicted molar refractivity (Wildman–Crippen MR) is 161 cm³/mol. The molecule has 0 unspecified atom stereocenters. The van der Waals surface area contributed by atoms with Gasteiger partial charge in [0.15, 0.2) is 0 Å². The van der Waals surface area contributed by atoms with E-state index in [1.165, 1.54) is 12.1 Å². The second-order valence-corrected chi connectivity index (χ2v) is 11.8. The number of unbranched alkanes of at least 4 members (excludes halogenated alkanes) is 1. The number of hydrogen-bond acceptors (Lipinski definition) is 4. The quantitative estimate of drug-likeness (QED) is 0.271. The van der Waals surface area contributed by atoms with E-state index in [1.807, 2.05) is 64.1 Å². The Bertz CT molecular complexity index is 1360. The Hall–Kier alpha value is -3.65. The zero-order valence-electron chi connectivity index (χ0n) is 24.0. The lowest BCUT2D eigenvalue weighted by atomic mass is 10.1. The van der Waals surface area contributed by atoms with Crippen LogP contribution in [0.1, 0.15) is 49.8 Å². The number of anilines is 1. The molecule has 3 rings (SSSR count). The topological polar surface area (TPSA) is 86.8 Å². The Morgan fingerprint density at radius 1 is 0.875 bits per heavy atom. The molecular weight excluding hydrogens is 522 g/mol. The van der Waals surface area contributed by atoms with Gasteiger partial charge in [0.05, 0.1) is 10.6 Å².